The van der Waals surface area contributed by atoms with E-state index < -0.39 is 59.7 Å². The molecule has 5 aromatic heterocycles. The summed E-state index contributed by atoms with van der Waals surface area (Å²) < 4.78 is 91.6. The van der Waals surface area contributed by atoms with Crippen LogP contribution in [0.15, 0.2) is 45.4 Å². The van der Waals surface area contributed by atoms with Crippen molar-refractivity contribution in [3.05, 3.63) is 75.1 Å². The van der Waals surface area contributed by atoms with Crippen LogP contribution in [0.5, 0.6) is 0 Å². The molecule has 9 nitrogen and oxygen atoms in total. The molecule has 41 heavy (non-hydrogen) atoms. The third kappa shape index (κ3) is 5.27. The summed E-state index contributed by atoms with van der Waals surface area (Å²) in [6, 6.07) is 6.40. The predicted molar refractivity (Wildman–Crippen MR) is 134 cm³/mol. The normalized spacial score (nSPS) is 11.9. The van der Waals surface area contributed by atoms with Gasteiger partial charge in [-0.1, -0.05) is 11.6 Å². The number of nitrogens with one attached hydrogen (secondary N) is 1. The Morgan fingerprint density at radius 2 is 1.85 bits per heavy atom. The molecule has 5 aromatic rings. The van der Waals surface area contributed by atoms with Crippen molar-refractivity contribution in [2.75, 3.05) is 5.32 Å². The Hall–Kier alpha value is -4.31. The summed E-state index contributed by atoms with van der Waals surface area (Å²) in [5.74, 6) is -2.29. The topological polar surface area (TPSA) is 129 Å². The number of thiophene rings is 1. The second-order valence-corrected chi connectivity index (χ2v) is 9.66. The van der Waals surface area contributed by atoms with E-state index in [2.05, 4.69) is 15.4 Å². The van der Waals surface area contributed by atoms with Crippen molar-refractivity contribution in [2.45, 2.75) is 25.8 Å². The smallest absolute Gasteiger partial charge is 0.291 e. The second kappa shape index (κ2) is 10.9. The number of aromatic nitrogens is 3. The summed E-state index contributed by atoms with van der Waals surface area (Å²) in [4.78, 5) is 29.0. The van der Waals surface area contributed by atoms with Crippen molar-refractivity contribution in [3.8, 4) is 11.3 Å². The molecule has 0 atom stereocenters. The SMILES string of the molecule is NC(=O)c1sc2nc(C(F)F)cc(-c3ccco3)c2c1NC(=O)c1ccc(Cn2nc(C(F)F)c(Cl)c2C(F)F)o1. The first kappa shape index (κ1) is 28.2. The number of halogens is 7. The first-order valence-corrected chi connectivity index (χ1v) is 12.5. The second-order valence-electron chi connectivity index (χ2n) is 8.29. The van der Waals surface area contributed by atoms with Crippen LogP contribution in [0.1, 0.15) is 62.3 Å². The van der Waals surface area contributed by atoms with Crippen LogP contribution in [0.3, 0.4) is 0 Å². The zero-order valence-corrected chi connectivity index (χ0v) is 21.6. The van der Waals surface area contributed by atoms with Gasteiger partial charge in [0, 0.05) is 10.9 Å². The van der Waals surface area contributed by atoms with Gasteiger partial charge in [-0.05, 0) is 30.3 Å². The Morgan fingerprint density at radius 1 is 1.10 bits per heavy atom. The molecule has 0 fully saturated rings. The van der Waals surface area contributed by atoms with Crippen LogP contribution in [0.2, 0.25) is 5.02 Å². The van der Waals surface area contributed by atoms with Gasteiger partial charge in [-0.15, -0.1) is 11.3 Å². The van der Waals surface area contributed by atoms with E-state index in [1.54, 1.807) is 0 Å². The first-order valence-electron chi connectivity index (χ1n) is 11.3. The van der Waals surface area contributed by atoms with Crippen LogP contribution in [0.25, 0.3) is 21.5 Å². The third-order valence-corrected chi connectivity index (χ3v) is 7.20. The Bertz CT molecular complexity index is 1770. The van der Waals surface area contributed by atoms with E-state index in [1.807, 2.05) is 0 Å². The van der Waals surface area contributed by atoms with Crippen molar-refractivity contribution in [1.29, 1.82) is 0 Å². The highest BCUT2D eigenvalue weighted by Gasteiger charge is 2.29. The Morgan fingerprint density at radius 3 is 2.46 bits per heavy atom. The monoisotopic (exact) mass is 617 g/mol. The van der Waals surface area contributed by atoms with Gasteiger partial charge in [0.15, 0.2) is 5.76 Å². The van der Waals surface area contributed by atoms with E-state index in [1.165, 1.54) is 24.5 Å². The number of hydrogen-bond donors (Lipinski definition) is 2. The number of primary amides is 1. The van der Waals surface area contributed by atoms with Gasteiger partial charge in [0.05, 0.1) is 23.5 Å². The van der Waals surface area contributed by atoms with E-state index in [0.717, 1.165) is 12.1 Å². The maximum Gasteiger partial charge on any atom is 0.291 e. The number of anilines is 1. The summed E-state index contributed by atoms with van der Waals surface area (Å²) >= 11 is 6.32. The van der Waals surface area contributed by atoms with Crippen LogP contribution in [0.4, 0.5) is 32.0 Å². The van der Waals surface area contributed by atoms with Crippen molar-refractivity contribution >= 4 is 50.7 Å². The molecule has 17 heteroatoms. The van der Waals surface area contributed by atoms with Gasteiger partial charge >= 0.3 is 0 Å². The summed E-state index contributed by atoms with van der Waals surface area (Å²) in [7, 11) is 0. The van der Waals surface area contributed by atoms with Crippen LogP contribution in [0, 0.1) is 0 Å². The lowest BCUT2D eigenvalue weighted by atomic mass is 10.1. The number of nitrogens with two attached hydrogens (primary N) is 1. The molecule has 0 aliphatic carbocycles. The van der Waals surface area contributed by atoms with Crippen molar-refractivity contribution in [2.24, 2.45) is 5.73 Å². The summed E-state index contributed by atoms with van der Waals surface area (Å²) in [5, 5.41) is 5.10. The zero-order valence-electron chi connectivity index (χ0n) is 20.0. The molecule has 0 spiro atoms. The molecular weight excluding hydrogens is 604 g/mol. The molecule has 0 saturated carbocycles. The number of rotatable bonds is 9. The number of nitrogens with zero attached hydrogens (tertiary/aromatic N) is 3. The fourth-order valence-electron chi connectivity index (χ4n) is 4.00. The van der Waals surface area contributed by atoms with Gasteiger partial charge in [0.1, 0.15) is 38.3 Å². The quantitative estimate of drug-likeness (QED) is 0.168. The number of carbonyl (C=O) groups is 2. The van der Waals surface area contributed by atoms with Crippen molar-refractivity contribution < 1.29 is 44.8 Å². The number of fused-ring (bicyclic) bond motifs is 1. The summed E-state index contributed by atoms with van der Waals surface area (Å²) in [5.41, 5.74) is 2.83. The van der Waals surface area contributed by atoms with E-state index in [-0.39, 0.29) is 43.6 Å². The van der Waals surface area contributed by atoms with Gasteiger partial charge in [-0.25, -0.2) is 31.3 Å². The Labute approximate surface area is 233 Å². The predicted octanol–water partition coefficient (Wildman–Crippen LogP) is 7.21. The minimum absolute atomic E-state index is 0.0386. The van der Waals surface area contributed by atoms with Crippen LogP contribution in [-0.2, 0) is 6.54 Å². The molecule has 0 unspecified atom stereocenters. The number of pyridine rings is 1. The average molecular weight is 618 g/mol. The molecule has 0 bridgehead atoms. The lowest BCUT2D eigenvalue weighted by Crippen LogP contribution is -2.16. The zero-order chi connectivity index (χ0) is 29.6. The summed E-state index contributed by atoms with van der Waals surface area (Å²) in [6.45, 7) is -0.573. The molecule has 3 N–H and O–H groups in total. The molecule has 5 rings (SSSR count). The molecule has 214 valence electrons. The number of carbonyl (C=O) groups excluding carboxylic acids is 2. The minimum atomic E-state index is -3.23. The average Bonchev–Trinajstić information content (AvgIpc) is 3.70. The van der Waals surface area contributed by atoms with Gasteiger partial charge in [-0.2, -0.15) is 5.10 Å². The molecule has 0 aliphatic heterocycles. The maximum absolute atomic E-state index is 13.6. The van der Waals surface area contributed by atoms with Gasteiger partial charge in [0.2, 0.25) is 0 Å². The minimum Gasteiger partial charge on any atom is -0.464 e. The Balaban J connectivity index is 1.51. The summed E-state index contributed by atoms with van der Waals surface area (Å²) in [6.07, 6.45) is -8.11. The highest BCUT2D eigenvalue weighted by Crippen LogP contribution is 2.43. The van der Waals surface area contributed by atoms with Crippen molar-refractivity contribution in [3.63, 3.8) is 0 Å². The van der Waals surface area contributed by atoms with E-state index in [9.17, 15) is 35.9 Å². The van der Waals surface area contributed by atoms with E-state index in [0.29, 0.717) is 16.0 Å². The number of alkyl halides is 6. The third-order valence-electron chi connectivity index (χ3n) is 5.72. The van der Waals surface area contributed by atoms with E-state index >= 15 is 0 Å². The number of hydrogen-bond acceptors (Lipinski definition) is 7. The molecular formula is C24H14ClF6N5O4S. The van der Waals surface area contributed by atoms with E-state index in [4.69, 9.17) is 26.2 Å². The number of amides is 2. The fraction of sp³-hybridized carbons (Fsp3) is 0.167. The van der Waals surface area contributed by atoms with Crippen LogP contribution >= 0.6 is 22.9 Å². The van der Waals surface area contributed by atoms with Gasteiger partial charge in [-0.3, -0.25) is 14.3 Å². The molecule has 0 aromatic carbocycles. The lowest BCUT2D eigenvalue weighted by molar-refractivity contribution is 0.0994. The van der Waals surface area contributed by atoms with Gasteiger partial charge < -0.3 is 19.9 Å². The lowest BCUT2D eigenvalue weighted by Gasteiger charge is -2.09. The first-order chi connectivity index (χ1) is 19.5. The van der Waals surface area contributed by atoms with Crippen LogP contribution in [-0.4, -0.2) is 26.6 Å². The molecule has 0 aliphatic rings. The van der Waals surface area contributed by atoms with Gasteiger partial charge in [0.25, 0.3) is 31.1 Å². The Kier molecular flexibility index (Phi) is 7.52. The molecule has 0 radical (unpaired) electrons. The standard InChI is InChI=1S/C24H14ClF6N5O4S/c25-14-16(20(28)29)35-36(17(14)21(30)31)7-8-3-4-12(40-8)23(38)34-15-13-9(11-2-1-5-39-11)6-10(19(26)27)33-24(13)41-18(15)22(32)37/h1-6,19-21H,7H2,(H2,32,37)(H,34,38). The van der Waals surface area contributed by atoms with Crippen LogP contribution < -0.4 is 11.1 Å². The number of furan rings is 2. The molecule has 2 amide bonds. The molecule has 0 saturated heterocycles. The highest BCUT2D eigenvalue weighted by molar-refractivity contribution is 7.21. The molecule has 5 heterocycles. The maximum atomic E-state index is 13.6. The highest BCUT2D eigenvalue weighted by atomic mass is 35.5. The fourth-order valence-corrected chi connectivity index (χ4v) is 5.31. The van der Waals surface area contributed by atoms with Crippen molar-refractivity contribution in [1.82, 2.24) is 14.8 Å². The largest absolute Gasteiger partial charge is 0.464 e.